The van der Waals surface area contributed by atoms with Crippen molar-refractivity contribution in [2.45, 2.75) is 13.5 Å². The fraction of sp³-hybridized carbons (Fsp3) is 0.133. The molecule has 0 bridgehead atoms. The molecule has 3 N–H and O–H groups in total. The van der Waals surface area contributed by atoms with E-state index in [1.54, 1.807) is 24.3 Å². The molecule has 0 aliphatic rings. The van der Waals surface area contributed by atoms with Crippen molar-refractivity contribution in [1.82, 2.24) is 0 Å². The predicted molar refractivity (Wildman–Crippen MR) is 76.2 cm³/mol. The quantitative estimate of drug-likeness (QED) is 0.790. The van der Waals surface area contributed by atoms with Crippen LogP contribution in [-0.2, 0) is 6.61 Å². The van der Waals surface area contributed by atoms with E-state index in [0.29, 0.717) is 5.69 Å². The molecule has 98 valence electrons. The van der Waals surface area contributed by atoms with E-state index >= 15 is 0 Å². The first-order valence-corrected chi connectivity index (χ1v) is 6.02. The lowest BCUT2D eigenvalue weighted by molar-refractivity contribution is 0.262. The van der Waals surface area contributed by atoms with Crippen molar-refractivity contribution in [2.24, 2.45) is 0 Å². The van der Waals surface area contributed by atoms with Gasteiger partial charge in [-0.15, -0.1) is 0 Å². The van der Waals surface area contributed by atoms with Crippen molar-refractivity contribution in [3.8, 4) is 0 Å². The molecule has 19 heavy (non-hydrogen) atoms. The lowest BCUT2D eigenvalue weighted by Crippen LogP contribution is -2.19. The minimum atomic E-state index is -0.289. The van der Waals surface area contributed by atoms with Gasteiger partial charge >= 0.3 is 6.03 Å². The minimum absolute atomic E-state index is 0.00420. The third-order valence-corrected chi connectivity index (χ3v) is 2.67. The predicted octanol–water partition coefficient (Wildman–Crippen LogP) is 3.13. The van der Waals surface area contributed by atoms with Crippen molar-refractivity contribution in [3.05, 3.63) is 59.7 Å². The highest BCUT2D eigenvalue weighted by molar-refractivity contribution is 5.99. The summed E-state index contributed by atoms with van der Waals surface area (Å²) < 4.78 is 0. The highest BCUT2D eigenvalue weighted by Gasteiger charge is 2.02. The van der Waals surface area contributed by atoms with Gasteiger partial charge in [-0.1, -0.05) is 24.3 Å². The first kappa shape index (κ1) is 13.1. The first-order chi connectivity index (χ1) is 9.17. The van der Waals surface area contributed by atoms with E-state index in [4.69, 9.17) is 5.11 Å². The van der Waals surface area contributed by atoms with E-state index in [9.17, 15) is 4.79 Å². The number of hydrogen-bond donors (Lipinski definition) is 3. The van der Waals surface area contributed by atoms with Crippen LogP contribution >= 0.6 is 0 Å². The number of rotatable bonds is 3. The number of aryl methyl sites for hydroxylation is 1. The van der Waals surface area contributed by atoms with Gasteiger partial charge in [-0.2, -0.15) is 0 Å². The summed E-state index contributed by atoms with van der Waals surface area (Å²) in [4.78, 5) is 11.8. The fourth-order valence-electron chi connectivity index (χ4n) is 1.71. The number of amides is 2. The average molecular weight is 256 g/mol. The van der Waals surface area contributed by atoms with Crippen molar-refractivity contribution in [1.29, 1.82) is 0 Å². The number of carbonyl (C=O) groups is 1. The third kappa shape index (κ3) is 3.82. The second-order valence-corrected chi connectivity index (χ2v) is 4.30. The number of benzene rings is 2. The smallest absolute Gasteiger partial charge is 0.323 e. The van der Waals surface area contributed by atoms with Crippen LogP contribution in [0.2, 0.25) is 0 Å². The van der Waals surface area contributed by atoms with Crippen molar-refractivity contribution < 1.29 is 9.90 Å². The molecular weight excluding hydrogens is 240 g/mol. The molecule has 0 radical (unpaired) electrons. The van der Waals surface area contributed by atoms with Crippen LogP contribution in [0.1, 0.15) is 11.1 Å². The largest absolute Gasteiger partial charge is 0.392 e. The molecule has 2 aromatic rings. The van der Waals surface area contributed by atoms with Gasteiger partial charge in [-0.25, -0.2) is 4.79 Å². The van der Waals surface area contributed by atoms with Gasteiger partial charge in [0.2, 0.25) is 0 Å². The fourth-order valence-corrected chi connectivity index (χ4v) is 1.71. The van der Waals surface area contributed by atoms with Gasteiger partial charge in [0.15, 0.2) is 0 Å². The van der Waals surface area contributed by atoms with E-state index in [1.807, 2.05) is 31.2 Å². The van der Waals surface area contributed by atoms with Gasteiger partial charge in [-0.05, 0) is 42.3 Å². The Kier molecular flexibility index (Phi) is 4.15. The molecule has 0 aliphatic carbocycles. The van der Waals surface area contributed by atoms with Gasteiger partial charge in [0.05, 0.1) is 6.61 Å². The Morgan fingerprint density at radius 3 is 2.37 bits per heavy atom. The topological polar surface area (TPSA) is 61.4 Å². The lowest BCUT2D eigenvalue weighted by atomic mass is 10.2. The SMILES string of the molecule is Cc1cccc(NC(=O)Nc2ccc(CO)cc2)c1. The van der Waals surface area contributed by atoms with E-state index in [-0.39, 0.29) is 12.6 Å². The number of aliphatic hydroxyl groups is 1. The van der Waals surface area contributed by atoms with Crippen LogP contribution < -0.4 is 10.6 Å². The van der Waals surface area contributed by atoms with Crippen LogP contribution in [0.3, 0.4) is 0 Å². The maximum atomic E-state index is 11.8. The molecule has 0 saturated heterocycles. The molecule has 2 amide bonds. The maximum absolute atomic E-state index is 11.8. The Morgan fingerprint density at radius 2 is 1.74 bits per heavy atom. The Bertz CT molecular complexity index is 565. The molecule has 0 aliphatic heterocycles. The number of carbonyl (C=O) groups excluding carboxylic acids is 1. The van der Waals surface area contributed by atoms with Gasteiger partial charge in [0.25, 0.3) is 0 Å². The maximum Gasteiger partial charge on any atom is 0.323 e. The summed E-state index contributed by atoms with van der Waals surface area (Å²) in [5.74, 6) is 0. The summed E-state index contributed by atoms with van der Waals surface area (Å²) in [5, 5.41) is 14.4. The van der Waals surface area contributed by atoms with Crippen LogP contribution in [0, 0.1) is 6.92 Å². The van der Waals surface area contributed by atoms with E-state index in [0.717, 1.165) is 16.8 Å². The van der Waals surface area contributed by atoms with Gasteiger partial charge in [-0.3, -0.25) is 0 Å². The summed E-state index contributed by atoms with van der Waals surface area (Å²) in [6, 6.07) is 14.3. The summed E-state index contributed by atoms with van der Waals surface area (Å²) >= 11 is 0. The molecule has 0 saturated carbocycles. The normalized spacial score (nSPS) is 10.0. The zero-order valence-electron chi connectivity index (χ0n) is 10.7. The Labute approximate surface area is 112 Å². The highest BCUT2D eigenvalue weighted by Crippen LogP contribution is 2.12. The van der Waals surface area contributed by atoms with Crippen LogP contribution in [0.25, 0.3) is 0 Å². The molecule has 0 fully saturated rings. The monoisotopic (exact) mass is 256 g/mol. The number of hydrogen-bond acceptors (Lipinski definition) is 2. The summed E-state index contributed by atoms with van der Waals surface area (Å²) in [6.07, 6.45) is 0. The number of urea groups is 1. The van der Waals surface area contributed by atoms with Gasteiger partial charge in [0.1, 0.15) is 0 Å². The molecule has 4 nitrogen and oxygen atoms in total. The van der Waals surface area contributed by atoms with E-state index in [2.05, 4.69) is 10.6 Å². The standard InChI is InChI=1S/C15H16N2O2/c1-11-3-2-4-14(9-11)17-15(19)16-13-7-5-12(10-18)6-8-13/h2-9,18H,10H2,1H3,(H2,16,17,19). The highest BCUT2D eigenvalue weighted by atomic mass is 16.3. The van der Waals surface area contributed by atoms with Crippen molar-refractivity contribution in [3.63, 3.8) is 0 Å². The van der Waals surface area contributed by atoms with Gasteiger partial charge < -0.3 is 15.7 Å². The third-order valence-electron chi connectivity index (χ3n) is 2.67. The average Bonchev–Trinajstić information content (AvgIpc) is 2.39. The molecular formula is C15H16N2O2. The summed E-state index contributed by atoms with van der Waals surface area (Å²) in [5.41, 5.74) is 3.33. The molecule has 2 aromatic carbocycles. The first-order valence-electron chi connectivity index (χ1n) is 6.02. The molecule has 2 rings (SSSR count). The minimum Gasteiger partial charge on any atom is -0.392 e. The molecule has 4 heteroatoms. The van der Waals surface area contributed by atoms with Crippen LogP contribution in [0.5, 0.6) is 0 Å². The summed E-state index contributed by atoms with van der Waals surface area (Å²) in [7, 11) is 0. The Balaban J connectivity index is 1.97. The molecule has 0 spiro atoms. The number of anilines is 2. The molecule has 0 heterocycles. The Hall–Kier alpha value is -2.33. The van der Waals surface area contributed by atoms with Crippen molar-refractivity contribution >= 4 is 17.4 Å². The lowest BCUT2D eigenvalue weighted by Gasteiger charge is -2.08. The Morgan fingerprint density at radius 1 is 1.05 bits per heavy atom. The molecule has 0 unspecified atom stereocenters. The molecule has 0 aromatic heterocycles. The second-order valence-electron chi connectivity index (χ2n) is 4.30. The summed E-state index contributed by atoms with van der Waals surface area (Å²) in [6.45, 7) is 1.96. The zero-order valence-corrected chi connectivity index (χ0v) is 10.7. The van der Waals surface area contributed by atoms with Crippen LogP contribution in [0.15, 0.2) is 48.5 Å². The second kappa shape index (κ2) is 6.02. The van der Waals surface area contributed by atoms with Gasteiger partial charge in [0, 0.05) is 11.4 Å². The van der Waals surface area contributed by atoms with Crippen LogP contribution in [-0.4, -0.2) is 11.1 Å². The van der Waals surface area contributed by atoms with Crippen LogP contribution in [0.4, 0.5) is 16.2 Å². The number of nitrogens with one attached hydrogen (secondary N) is 2. The van der Waals surface area contributed by atoms with E-state index < -0.39 is 0 Å². The molecule has 0 atom stereocenters. The number of aliphatic hydroxyl groups excluding tert-OH is 1. The van der Waals surface area contributed by atoms with E-state index in [1.165, 1.54) is 0 Å². The van der Waals surface area contributed by atoms with Crippen molar-refractivity contribution in [2.75, 3.05) is 10.6 Å². The zero-order chi connectivity index (χ0) is 13.7.